The Hall–Kier alpha value is -1.29. The van der Waals surface area contributed by atoms with Gasteiger partial charge in [0.1, 0.15) is 0 Å². The standard InChI is InChI=1S/C12H15FO3/c1-8(14)7-9-3-4-10(13)12-11(9)15-5-2-6-16-12/h3-4,8,14H,2,5-7H2,1H3. The summed E-state index contributed by atoms with van der Waals surface area (Å²) in [6, 6.07) is 2.99. The Balaban J connectivity index is 2.39. The van der Waals surface area contributed by atoms with Crippen LogP contribution < -0.4 is 9.47 Å². The molecule has 1 unspecified atom stereocenters. The highest BCUT2D eigenvalue weighted by Gasteiger charge is 2.19. The van der Waals surface area contributed by atoms with Gasteiger partial charge in [0, 0.05) is 18.4 Å². The number of aliphatic hydroxyl groups is 1. The van der Waals surface area contributed by atoms with Gasteiger partial charge in [0.05, 0.1) is 19.3 Å². The summed E-state index contributed by atoms with van der Waals surface area (Å²) in [5, 5.41) is 9.36. The Morgan fingerprint density at radius 1 is 1.31 bits per heavy atom. The lowest BCUT2D eigenvalue weighted by molar-refractivity contribution is 0.193. The van der Waals surface area contributed by atoms with E-state index >= 15 is 0 Å². The van der Waals surface area contributed by atoms with Crippen molar-refractivity contribution in [3.63, 3.8) is 0 Å². The zero-order chi connectivity index (χ0) is 11.5. The molecule has 0 spiro atoms. The molecule has 0 saturated heterocycles. The molecule has 1 aromatic carbocycles. The van der Waals surface area contributed by atoms with Crippen LogP contribution in [0.2, 0.25) is 0 Å². The second-order valence-electron chi connectivity index (χ2n) is 3.97. The molecule has 1 aromatic rings. The predicted octanol–water partition coefficient (Wildman–Crippen LogP) is 1.91. The third-order valence-corrected chi connectivity index (χ3v) is 2.44. The van der Waals surface area contributed by atoms with Crippen molar-refractivity contribution in [1.82, 2.24) is 0 Å². The maximum atomic E-state index is 13.5. The van der Waals surface area contributed by atoms with E-state index in [1.54, 1.807) is 13.0 Å². The molecule has 0 radical (unpaired) electrons. The minimum absolute atomic E-state index is 0.177. The summed E-state index contributed by atoms with van der Waals surface area (Å²) in [7, 11) is 0. The van der Waals surface area contributed by atoms with E-state index in [0.29, 0.717) is 25.4 Å². The van der Waals surface area contributed by atoms with E-state index in [0.717, 1.165) is 12.0 Å². The predicted molar refractivity (Wildman–Crippen MR) is 57.4 cm³/mol. The second kappa shape index (κ2) is 4.70. The maximum Gasteiger partial charge on any atom is 0.197 e. The lowest BCUT2D eigenvalue weighted by atomic mass is 10.1. The van der Waals surface area contributed by atoms with Gasteiger partial charge in [-0.1, -0.05) is 6.07 Å². The first-order valence-electron chi connectivity index (χ1n) is 5.43. The SMILES string of the molecule is CC(O)Cc1ccc(F)c2c1OCCCO2. The van der Waals surface area contributed by atoms with Gasteiger partial charge in [-0.15, -0.1) is 0 Å². The van der Waals surface area contributed by atoms with Crippen molar-refractivity contribution in [2.75, 3.05) is 13.2 Å². The molecule has 16 heavy (non-hydrogen) atoms. The normalized spacial score (nSPS) is 16.7. The number of benzene rings is 1. The van der Waals surface area contributed by atoms with Crippen molar-refractivity contribution in [2.45, 2.75) is 25.9 Å². The number of hydrogen-bond donors (Lipinski definition) is 1. The van der Waals surface area contributed by atoms with Gasteiger partial charge in [0.2, 0.25) is 0 Å². The first kappa shape index (κ1) is 11.2. The lowest BCUT2D eigenvalue weighted by Crippen LogP contribution is -2.07. The van der Waals surface area contributed by atoms with Crippen LogP contribution in [0.3, 0.4) is 0 Å². The van der Waals surface area contributed by atoms with Crippen molar-refractivity contribution >= 4 is 0 Å². The number of rotatable bonds is 2. The molecule has 1 aliphatic heterocycles. The average Bonchev–Trinajstić information content (AvgIpc) is 2.47. The summed E-state index contributed by atoms with van der Waals surface area (Å²) in [4.78, 5) is 0. The Morgan fingerprint density at radius 2 is 2.00 bits per heavy atom. The Labute approximate surface area is 93.8 Å². The van der Waals surface area contributed by atoms with Crippen LogP contribution in [0.1, 0.15) is 18.9 Å². The Morgan fingerprint density at radius 3 is 2.69 bits per heavy atom. The van der Waals surface area contributed by atoms with Crippen LogP contribution >= 0.6 is 0 Å². The average molecular weight is 226 g/mol. The molecule has 1 aliphatic rings. The molecule has 1 atom stereocenters. The van der Waals surface area contributed by atoms with Gasteiger partial charge in [-0.25, -0.2) is 4.39 Å². The van der Waals surface area contributed by atoms with Crippen molar-refractivity contribution < 1.29 is 19.0 Å². The van der Waals surface area contributed by atoms with Gasteiger partial charge in [0.15, 0.2) is 17.3 Å². The number of aliphatic hydroxyl groups excluding tert-OH is 1. The molecule has 0 fully saturated rings. The smallest absolute Gasteiger partial charge is 0.197 e. The fourth-order valence-corrected chi connectivity index (χ4v) is 1.76. The summed E-state index contributed by atoms with van der Waals surface area (Å²) in [5.41, 5.74) is 0.785. The molecule has 0 aliphatic carbocycles. The highest BCUT2D eigenvalue weighted by Crippen LogP contribution is 2.36. The summed E-state index contributed by atoms with van der Waals surface area (Å²) in [6.45, 7) is 2.67. The number of hydrogen-bond acceptors (Lipinski definition) is 3. The van der Waals surface area contributed by atoms with E-state index < -0.39 is 11.9 Å². The summed E-state index contributed by atoms with van der Waals surface area (Å²) < 4.78 is 24.3. The molecule has 0 bridgehead atoms. The minimum atomic E-state index is -0.485. The Kier molecular flexibility index (Phi) is 3.29. The van der Waals surface area contributed by atoms with Crippen molar-refractivity contribution in [1.29, 1.82) is 0 Å². The molecule has 3 nitrogen and oxygen atoms in total. The van der Waals surface area contributed by atoms with E-state index in [2.05, 4.69) is 0 Å². The number of fused-ring (bicyclic) bond motifs is 1. The van der Waals surface area contributed by atoms with Crippen molar-refractivity contribution in [2.24, 2.45) is 0 Å². The van der Waals surface area contributed by atoms with E-state index in [1.807, 2.05) is 0 Å². The van der Waals surface area contributed by atoms with Crippen molar-refractivity contribution in [3.8, 4) is 11.5 Å². The van der Waals surface area contributed by atoms with E-state index in [1.165, 1.54) is 6.07 Å². The first-order valence-corrected chi connectivity index (χ1v) is 5.43. The first-order chi connectivity index (χ1) is 7.68. The van der Waals surface area contributed by atoms with Gasteiger partial charge in [-0.05, 0) is 13.0 Å². The molecule has 0 saturated carbocycles. The monoisotopic (exact) mass is 226 g/mol. The maximum absolute atomic E-state index is 13.5. The van der Waals surface area contributed by atoms with E-state index in [4.69, 9.17) is 9.47 Å². The van der Waals surface area contributed by atoms with Crippen LogP contribution in [0.15, 0.2) is 12.1 Å². The summed E-state index contributed by atoms with van der Waals surface area (Å²) in [5.74, 6) is 0.209. The molecule has 0 amide bonds. The van der Waals surface area contributed by atoms with Gasteiger partial charge < -0.3 is 14.6 Å². The summed E-state index contributed by atoms with van der Waals surface area (Å²) in [6.07, 6.45) is 0.690. The number of ether oxygens (including phenoxy) is 2. The molecule has 4 heteroatoms. The van der Waals surface area contributed by atoms with Crippen LogP contribution in [0.25, 0.3) is 0 Å². The zero-order valence-corrected chi connectivity index (χ0v) is 9.20. The second-order valence-corrected chi connectivity index (χ2v) is 3.97. The molecular weight excluding hydrogens is 211 g/mol. The van der Waals surface area contributed by atoms with Gasteiger partial charge in [-0.3, -0.25) is 0 Å². The highest BCUT2D eigenvalue weighted by atomic mass is 19.1. The third kappa shape index (κ3) is 2.27. The molecular formula is C12H15FO3. The van der Waals surface area contributed by atoms with Gasteiger partial charge >= 0.3 is 0 Å². The van der Waals surface area contributed by atoms with Crippen LogP contribution in [0.4, 0.5) is 4.39 Å². The molecule has 1 N–H and O–H groups in total. The Bertz CT molecular complexity index is 377. The molecule has 2 rings (SSSR count). The fraction of sp³-hybridized carbons (Fsp3) is 0.500. The summed E-state index contributed by atoms with van der Waals surface area (Å²) >= 11 is 0. The fourth-order valence-electron chi connectivity index (χ4n) is 1.76. The number of halogens is 1. The van der Waals surface area contributed by atoms with E-state index in [-0.39, 0.29) is 5.75 Å². The molecule has 1 heterocycles. The molecule has 0 aromatic heterocycles. The van der Waals surface area contributed by atoms with Crippen molar-refractivity contribution in [3.05, 3.63) is 23.5 Å². The van der Waals surface area contributed by atoms with Gasteiger partial charge in [-0.2, -0.15) is 0 Å². The van der Waals surface area contributed by atoms with Crippen LogP contribution in [-0.4, -0.2) is 24.4 Å². The van der Waals surface area contributed by atoms with Crippen LogP contribution in [0.5, 0.6) is 11.5 Å². The zero-order valence-electron chi connectivity index (χ0n) is 9.20. The third-order valence-electron chi connectivity index (χ3n) is 2.44. The van der Waals surface area contributed by atoms with Crippen LogP contribution in [-0.2, 0) is 6.42 Å². The highest BCUT2D eigenvalue weighted by molar-refractivity contribution is 5.48. The van der Waals surface area contributed by atoms with Gasteiger partial charge in [0.25, 0.3) is 0 Å². The lowest BCUT2D eigenvalue weighted by Gasteiger charge is -2.14. The molecule has 88 valence electrons. The van der Waals surface area contributed by atoms with Crippen LogP contribution in [0, 0.1) is 5.82 Å². The largest absolute Gasteiger partial charge is 0.489 e. The quantitative estimate of drug-likeness (QED) is 0.837. The van der Waals surface area contributed by atoms with E-state index in [9.17, 15) is 9.50 Å². The minimum Gasteiger partial charge on any atom is -0.489 e. The topological polar surface area (TPSA) is 38.7 Å².